The van der Waals surface area contributed by atoms with Crippen LogP contribution in [0.5, 0.6) is 0 Å². The van der Waals surface area contributed by atoms with Crippen molar-refractivity contribution in [3.8, 4) is 0 Å². The number of amides is 2. The molecular weight excluding hydrogens is 604 g/mol. The molecule has 1 saturated heterocycles. The van der Waals surface area contributed by atoms with E-state index in [0.29, 0.717) is 6.07 Å². The standard InChI is InChI=1S/C27H33ClF4N4O5S/c1-5-42(39,40)21-7-6-17(28)12-16(21)14-34-24(37)18-13-20(27(30,31)32)19(22(29)23(18)33)15-35-8-10-36(11-9-35)25(38)41-26(2,3)4/h6-7,12-13H,5,8-11,14-15,33H2,1-4H3,(H,34,37). The van der Waals surface area contributed by atoms with Gasteiger partial charge in [0.2, 0.25) is 0 Å². The molecule has 0 bridgehead atoms. The first-order valence-corrected chi connectivity index (χ1v) is 15.0. The van der Waals surface area contributed by atoms with E-state index < -0.39 is 74.9 Å². The Labute approximate surface area is 246 Å². The molecule has 1 aliphatic heterocycles. The highest BCUT2D eigenvalue weighted by Crippen LogP contribution is 2.37. The second-order valence-corrected chi connectivity index (χ2v) is 13.4. The number of hydrogen-bond donors (Lipinski definition) is 2. The van der Waals surface area contributed by atoms with Crippen molar-refractivity contribution in [1.82, 2.24) is 15.1 Å². The quantitative estimate of drug-likeness (QED) is 0.329. The summed E-state index contributed by atoms with van der Waals surface area (Å²) in [6.07, 6.45) is -5.58. The smallest absolute Gasteiger partial charge is 0.416 e. The lowest BCUT2D eigenvalue weighted by molar-refractivity contribution is -0.138. The van der Waals surface area contributed by atoms with E-state index in [9.17, 15) is 31.2 Å². The highest BCUT2D eigenvalue weighted by atomic mass is 35.5. The fraction of sp³-hybridized carbons (Fsp3) is 0.481. The first-order chi connectivity index (χ1) is 19.3. The van der Waals surface area contributed by atoms with E-state index in [1.807, 2.05) is 0 Å². The van der Waals surface area contributed by atoms with Gasteiger partial charge in [-0.05, 0) is 50.6 Å². The van der Waals surface area contributed by atoms with Crippen LogP contribution in [0, 0.1) is 5.82 Å². The molecule has 1 fully saturated rings. The van der Waals surface area contributed by atoms with Crippen LogP contribution in [0.25, 0.3) is 0 Å². The third-order valence-corrected chi connectivity index (χ3v) is 8.60. The van der Waals surface area contributed by atoms with Gasteiger partial charge >= 0.3 is 12.3 Å². The minimum atomic E-state index is -5.02. The first kappa shape index (κ1) is 33.4. The Bertz CT molecular complexity index is 1450. The normalized spacial score (nSPS) is 15.0. The lowest BCUT2D eigenvalue weighted by atomic mass is 9.99. The molecule has 0 radical (unpaired) electrons. The molecule has 1 aliphatic rings. The van der Waals surface area contributed by atoms with Gasteiger partial charge in [-0.1, -0.05) is 18.5 Å². The van der Waals surface area contributed by atoms with Crippen LogP contribution in [0.4, 0.5) is 28.0 Å². The molecule has 42 heavy (non-hydrogen) atoms. The number of nitrogens with one attached hydrogen (secondary N) is 1. The molecular formula is C27H33ClF4N4O5S. The van der Waals surface area contributed by atoms with Crippen molar-refractivity contribution in [2.75, 3.05) is 37.7 Å². The monoisotopic (exact) mass is 636 g/mol. The lowest BCUT2D eigenvalue weighted by Crippen LogP contribution is -2.49. The van der Waals surface area contributed by atoms with E-state index in [-0.39, 0.29) is 47.4 Å². The maximum Gasteiger partial charge on any atom is 0.416 e. The van der Waals surface area contributed by atoms with Gasteiger partial charge in [-0.3, -0.25) is 9.69 Å². The Morgan fingerprint density at radius 1 is 1.10 bits per heavy atom. The zero-order valence-corrected chi connectivity index (χ0v) is 25.1. The number of anilines is 1. The average Bonchev–Trinajstić information content (AvgIpc) is 2.88. The number of carbonyl (C=O) groups excluding carboxylic acids is 2. The average molecular weight is 637 g/mol. The number of rotatable bonds is 7. The minimum Gasteiger partial charge on any atom is -0.444 e. The maximum absolute atomic E-state index is 15.4. The molecule has 2 aromatic rings. The van der Waals surface area contributed by atoms with E-state index in [4.69, 9.17) is 22.1 Å². The zero-order valence-electron chi connectivity index (χ0n) is 23.6. The molecule has 0 aromatic heterocycles. The predicted molar refractivity (Wildman–Crippen MR) is 149 cm³/mol. The number of benzene rings is 2. The topological polar surface area (TPSA) is 122 Å². The molecule has 2 aromatic carbocycles. The van der Waals surface area contributed by atoms with Gasteiger partial charge in [0.1, 0.15) is 5.60 Å². The zero-order chi connectivity index (χ0) is 31.6. The molecule has 9 nitrogen and oxygen atoms in total. The van der Waals surface area contributed by atoms with Crippen LogP contribution in [0.3, 0.4) is 0 Å². The van der Waals surface area contributed by atoms with E-state index in [1.165, 1.54) is 30.0 Å². The van der Waals surface area contributed by atoms with Crippen LogP contribution >= 0.6 is 11.6 Å². The number of nitrogen functional groups attached to an aromatic ring is 1. The van der Waals surface area contributed by atoms with E-state index >= 15 is 4.39 Å². The summed E-state index contributed by atoms with van der Waals surface area (Å²) in [6, 6.07) is 4.41. The molecule has 3 rings (SSSR count). The Morgan fingerprint density at radius 2 is 1.71 bits per heavy atom. The molecule has 232 valence electrons. The summed E-state index contributed by atoms with van der Waals surface area (Å²) >= 11 is 5.97. The van der Waals surface area contributed by atoms with Crippen molar-refractivity contribution in [3.05, 3.63) is 57.4 Å². The van der Waals surface area contributed by atoms with Gasteiger partial charge in [0, 0.05) is 49.9 Å². The SMILES string of the molecule is CCS(=O)(=O)c1ccc(Cl)cc1CNC(=O)c1cc(C(F)(F)F)c(CN2CCN(C(=O)OC(C)(C)C)CC2)c(F)c1N. The van der Waals surface area contributed by atoms with Crippen molar-refractivity contribution in [1.29, 1.82) is 0 Å². The van der Waals surface area contributed by atoms with Gasteiger partial charge in [0.15, 0.2) is 15.7 Å². The van der Waals surface area contributed by atoms with Gasteiger partial charge < -0.3 is 20.7 Å². The van der Waals surface area contributed by atoms with Gasteiger partial charge in [-0.2, -0.15) is 13.2 Å². The molecule has 15 heteroatoms. The van der Waals surface area contributed by atoms with Gasteiger partial charge in [0.25, 0.3) is 5.91 Å². The Hall–Kier alpha value is -3.10. The molecule has 0 atom stereocenters. The second-order valence-electron chi connectivity index (χ2n) is 10.8. The Kier molecular flexibility index (Phi) is 10.1. The minimum absolute atomic E-state index is 0.105. The maximum atomic E-state index is 15.4. The number of nitrogens with zero attached hydrogens (tertiary/aromatic N) is 2. The Balaban J connectivity index is 1.83. The third-order valence-electron chi connectivity index (χ3n) is 6.54. The van der Waals surface area contributed by atoms with E-state index in [2.05, 4.69) is 5.32 Å². The van der Waals surface area contributed by atoms with Gasteiger partial charge in [-0.25, -0.2) is 17.6 Å². The summed E-state index contributed by atoms with van der Waals surface area (Å²) in [7, 11) is -3.71. The van der Waals surface area contributed by atoms with Crippen molar-refractivity contribution >= 4 is 39.1 Å². The second kappa shape index (κ2) is 12.6. The number of hydrogen-bond acceptors (Lipinski definition) is 7. The third kappa shape index (κ3) is 8.04. The molecule has 0 saturated carbocycles. The van der Waals surface area contributed by atoms with Crippen molar-refractivity contribution in [2.24, 2.45) is 0 Å². The van der Waals surface area contributed by atoms with Crippen LogP contribution in [-0.2, 0) is 33.8 Å². The largest absolute Gasteiger partial charge is 0.444 e. The molecule has 0 unspecified atom stereocenters. The van der Waals surface area contributed by atoms with Crippen molar-refractivity contribution < 1.29 is 40.3 Å². The van der Waals surface area contributed by atoms with E-state index in [0.717, 1.165) is 0 Å². The molecule has 0 spiro atoms. The van der Waals surface area contributed by atoms with Crippen LogP contribution in [0.15, 0.2) is 29.2 Å². The number of halogens is 5. The number of carbonyl (C=O) groups is 2. The molecule has 2 amide bonds. The number of nitrogens with two attached hydrogens (primary N) is 1. The van der Waals surface area contributed by atoms with Gasteiger partial charge in [-0.15, -0.1) is 0 Å². The van der Waals surface area contributed by atoms with Crippen molar-refractivity contribution in [2.45, 2.75) is 57.5 Å². The number of piperazine rings is 1. The van der Waals surface area contributed by atoms with Crippen molar-refractivity contribution in [3.63, 3.8) is 0 Å². The summed E-state index contributed by atoms with van der Waals surface area (Å²) in [5.41, 5.74) is 1.59. The summed E-state index contributed by atoms with van der Waals surface area (Å²) in [5.74, 6) is -2.75. The van der Waals surface area contributed by atoms with Crippen LogP contribution in [0.1, 0.15) is 54.7 Å². The van der Waals surface area contributed by atoms with E-state index in [1.54, 1.807) is 25.7 Å². The highest BCUT2D eigenvalue weighted by Gasteiger charge is 2.38. The van der Waals surface area contributed by atoms with Crippen LogP contribution in [0.2, 0.25) is 5.02 Å². The number of sulfone groups is 1. The highest BCUT2D eigenvalue weighted by molar-refractivity contribution is 7.91. The molecule has 0 aliphatic carbocycles. The fourth-order valence-electron chi connectivity index (χ4n) is 4.36. The summed E-state index contributed by atoms with van der Waals surface area (Å²) < 4.78 is 87.9. The molecule has 1 heterocycles. The predicted octanol–water partition coefficient (Wildman–Crippen LogP) is 4.86. The van der Waals surface area contributed by atoms with Crippen LogP contribution < -0.4 is 11.1 Å². The number of ether oxygens (including phenoxy) is 1. The Morgan fingerprint density at radius 3 is 2.26 bits per heavy atom. The first-order valence-electron chi connectivity index (χ1n) is 13.0. The fourth-order valence-corrected chi connectivity index (χ4v) is 5.67. The lowest BCUT2D eigenvalue weighted by Gasteiger charge is -2.36. The number of alkyl halides is 3. The molecule has 3 N–H and O–H groups in total. The summed E-state index contributed by atoms with van der Waals surface area (Å²) in [5, 5.41) is 2.50. The van der Waals surface area contributed by atoms with Crippen LogP contribution in [-0.4, -0.2) is 67.8 Å². The summed E-state index contributed by atoms with van der Waals surface area (Å²) in [6.45, 7) is 6.31. The summed E-state index contributed by atoms with van der Waals surface area (Å²) in [4.78, 5) is 28.1. The van der Waals surface area contributed by atoms with Gasteiger partial charge in [0.05, 0.1) is 27.5 Å².